The Hall–Kier alpha value is -3.49. The van der Waals surface area contributed by atoms with Gasteiger partial charge in [0.2, 0.25) is 5.91 Å². The molecular weight excluding hydrogens is 472 g/mol. The molecule has 0 radical (unpaired) electrons. The number of hydrogen-bond acceptors (Lipinski definition) is 5. The number of fused-ring (bicyclic) bond motifs is 5. The molecule has 0 unspecified atom stereocenters. The largest absolute Gasteiger partial charge is 0.481 e. The summed E-state index contributed by atoms with van der Waals surface area (Å²) in [5.41, 5.74) is 2.60. The van der Waals surface area contributed by atoms with Crippen LogP contribution in [0.15, 0.2) is 66.7 Å². The molecule has 0 spiro atoms. The number of benzene rings is 2. The van der Waals surface area contributed by atoms with E-state index in [1.54, 1.807) is 12.1 Å². The van der Waals surface area contributed by atoms with Crippen LogP contribution < -0.4 is 10.6 Å². The second-order valence-corrected chi connectivity index (χ2v) is 9.88. The molecule has 2 amide bonds. The molecule has 2 bridgehead atoms. The number of amides is 2. The molecule has 6 atom stereocenters. The quantitative estimate of drug-likeness (QED) is 0.232. The van der Waals surface area contributed by atoms with E-state index >= 15 is 0 Å². The van der Waals surface area contributed by atoms with Gasteiger partial charge in [0.25, 0.3) is 5.91 Å². The molecule has 3 aliphatic rings. The Morgan fingerprint density at radius 3 is 2.22 bits per heavy atom. The van der Waals surface area contributed by atoms with Crippen LogP contribution in [-0.4, -0.2) is 60.4 Å². The van der Waals surface area contributed by atoms with Gasteiger partial charge in [0.1, 0.15) is 12.2 Å². The molecule has 194 valence electrons. The number of unbranched alkanes of at least 4 members (excludes halogenated alkanes) is 1. The number of epoxide rings is 1. The predicted molar refractivity (Wildman–Crippen MR) is 137 cm³/mol. The summed E-state index contributed by atoms with van der Waals surface area (Å²) in [5.74, 6) is -0.934. The highest BCUT2D eigenvalue weighted by molar-refractivity contribution is 5.96. The van der Waals surface area contributed by atoms with Gasteiger partial charge >= 0.3 is 5.97 Å². The molecule has 37 heavy (non-hydrogen) atoms. The number of rotatable bonds is 12. The Labute approximate surface area is 216 Å². The molecule has 3 fully saturated rings. The lowest BCUT2D eigenvalue weighted by Crippen LogP contribution is -2.44. The summed E-state index contributed by atoms with van der Waals surface area (Å²) < 4.78 is 11.9. The molecule has 3 aliphatic heterocycles. The minimum atomic E-state index is -0.778. The molecule has 2 aromatic rings. The number of carbonyl (C=O) groups excluding carboxylic acids is 2. The van der Waals surface area contributed by atoms with Crippen LogP contribution in [0.1, 0.15) is 36.0 Å². The maximum Gasteiger partial charge on any atom is 0.303 e. The first-order valence-corrected chi connectivity index (χ1v) is 12.9. The van der Waals surface area contributed by atoms with E-state index in [0.717, 1.165) is 24.0 Å². The number of carboxylic acid groups (broad SMARTS) is 1. The van der Waals surface area contributed by atoms with Crippen molar-refractivity contribution in [1.82, 2.24) is 10.6 Å². The first-order chi connectivity index (χ1) is 18.0. The number of hydrogen-bond donors (Lipinski definition) is 3. The normalized spacial score (nSPS) is 27.1. The van der Waals surface area contributed by atoms with Crippen molar-refractivity contribution in [2.24, 2.45) is 11.8 Å². The van der Waals surface area contributed by atoms with Gasteiger partial charge < -0.3 is 25.2 Å². The Morgan fingerprint density at radius 2 is 1.49 bits per heavy atom. The Kier molecular flexibility index (Phi) is 7.67. The van der Waals surface area contributed by atoms with Crippen LogP contribution in [0.2, 0.25) is 0 Å². The highest BCUT2D eigenvalue weighted by Gasteiger charge is 2.68. The van der Waals surface area contributed by atoms with Crippen LogP contribution in [0.5, 0.6) is 0 Å². The Bertz CT molecular complexity index is 1150. The van der Waals surface area contributed by atoms with Crippen molar-refractivity contribution in [3.05, 3.63) is 72.3 Å². The van der Waals surface area contributed by atoms with E-state index in [-0.39, 0.29) is 61.0 Å². The van der Waals surface area contributed by atoms with E-state index in [1.165, 1.54) is 0 Å². The zero-order valence-corrected chi connectivity index (χ0v) is 20.5. The molecule has 3 N–H and O–H groups in total. The summed E-state index contributed by atoms with van der Waals surface area (Å²) in [6.07, 6.45) is 6.75. The maximum absolute atomic E-state index is 12.5. The molecule has 0 aliphatic carbocycles. The van der Waals surface area contributed by atoms with E-state index < -0.39 is 5.97 Å². The molecule has 3 saturated heterocycles. The Morgan fingerprint density at radius 1 is 0.811 bits per heavy atom. The number of ether oxygens (including phenoxy) is 2. The third-order valence-electron chi connectivity index (χ3n) is 7.45. The zero-order valence-electron chi connectivity index (χ0n) is 20.5. The Balaban J connectivity index is 1.07. The number of allylic oxidation sites excluding steroid dienone is 2. The fourth-order valence-corrected chi connectivity index (χ4v) is 5.50. The predicted octanol–water partition coefficient (Wildman–Crippen LogP) is 3.18. The average Bonchev–Trinajstić information content (AvgIpc) is 3.54. The first-order valence-electron chi connectivity index (χ1n) is 12.9. The van der Waals surface area contributed by atoms with Crippen LogP contribution in [0, 0.1) is 11.8 Å². The fourth-order valence-electron chi connectivity index (χ4n) is 5.50. The lowest BCUT2D eigenvalue weighted by Gasteiger charge is -2.25. The minimum absolute atomic E-state index is 0.0153. The van der Waals surface area contributed by atoms with Crippen molar-refractivity contribution in [2.45, 2.75) is 50.1 Å². The van der Waals surface area contributed by atoms with Gasteiger partial charge in [-0.1, -0.05) is 54.6 Å². The van der Waals surface area contributed by atoms with Crippen LogP contribution in [-0.2, 0) is 19.1 Å². The highest BCUT2D eigenvalue weighted by Crippen LogP contribution is 2.54. The molecule has 5 rings (SSSR count). The van der Waals surface area contributed by atoms with Gasteiger partial charge in [-0.05, 0) is 48.4 Å². The van der Waals surface area contributed by atoms with E-state index in [1.807, 2.05) is 48.5 Å². The van der Waals surface area contributed by atoms with Gasteiger partial charge in [-0.25, -0.2) is 0 Å². The molecule has 0 saturated carbocycles. The van der Waals surface area contributed by atoms with Crippen molar-refractivity contribution in [1.29, 1.82) is 0 Å². The van der Waals surface area contributed by atoms with Crippen LogP contribution in [0.25, 0.3) is 11.1 Å². The van der Waals surface area contributed by atoms with E-state index in [0.29, 0.717) is 18.5 Å². The summed E-state index contributed by atoms with van der Waals surface area (Å²) >= 11 is 0. The van der Waals surface area contributed by atoms with Gasteiger partial charge in [-0.2, -0.15) is 0 Å². The van der Waals surface area contributed by atoms with Crippen molar-refractivity contribution >= 4 is 17.8 Å². The van der Waals surface area contributed by atoms with Gasteiger partial charge in [0, 0.05) is 24.4 Å². The molecule has 8 heteroatoms. The fraction of sp³-hybridized carbons (Fsp3) is 0.414. The summed E-state index contributed by atoms with van der Waals surface area (Å²) in [7, 11) is 0. The maximum atomic E-state index is 12.5. The van der Waals surface area contributed by atoms with Crippen molar-refractivity contribution in [3.8, 4) is 11.1 Å². The molecular formula is C29H32N2O6. The smallest absolute Gasteiger partial charge is 0.303 e. The monoisotopic (exact) mass is 504 g/mol. The van der Waals surface area contributed by atoms with Gasteiger partial charge in [-0.15, -0.1) is 0 Å². The van der Waals surface area contributed by atoms with E-state index in [9.17, 15) is 14.4 Å². The first kappa shape index (κ1) is 25.2. The second kappa shape index (κ2) is 11.3. The third-order valence-corrected chi connectivity index (χ3v) is 7.45. The molecule has 8 nitrogen and oxygen atoms in total. The lowest BCUT2D eigenvalue weighted by atomic mass is 9.77. The molecule has 2 aromatic carbocycles. The summed E-state index contributed by atoms with van der Waals surface area (Å²) in [6.45, 7) is 0.364. The highest BCUT2D eigenvalue weighted by atomic mass is 16.7. The average molecular weight is 505 g/mol. The van der Waals surface area contributed by atoms with Crippen LogP contribution >= 0.6 is 0 Å². The summed E-state index contributed by atoms with van der Waals surface area (Å²) in [5, 5.41) is 14.4. The van der Waals surface area contributed by atoms with Crippen LogP contribution in [0.4, 0.5) is 0 Å². The van der Waals surface area contributed by atoms with Crippen molar-refractivity contribution < 1.29 is 29.0 Å². The third kappa shape index (κ3) is 5.92. The summed E-state index contributed by atoms with van der Waals surface area (Å²) in [6, 6.07) is 17.2. The molecule has 0 aromatic heterocycles. The van der Waals surface area contributed by atoms with Crippen LogP contribution in [0.3, 0.4) is 0 Å². The second-order valence-electron chi connectivity index (χ2n) is 9.88. The SMILES string of the molecule is O=C(O)CCC/C=C\C[C@H]1[C@@H](CNC(=O)CNC(=O)c2ccc(-c3ccccc3)cc2)[C@@H]2O[C@H]1[C@@H]1O[C@@H]12. The number of carboxylic acids is 1. The van der Waals surface area contributed by atoms with Gasteiger partial charge in [0.05, 0.1) is 18.8 Å². The minimum Gasteiger partial charge on any atom is -0.481 e. The molecule has 3 heterocycles. The van der Waals surface area contributed by atoms with E-state index in [2.05, 4.69) is 16.7 Å². The van der Waals surface area contributed by atoms with Crippen molar-refractivity contribution in [3.63, 3.8) is 0 Å². The van der Waals surface area contributed by atoms with Gasteiger partial charge in [-0.3, -0.25) is 14.4 Å². The van der Waals surface area contributed by atoms with Gasteiger partial charge in [0.15, 0.2) is 0 Å². The van der Waals surface area contributed by atoms with E-state index in [4.69, 9.17) is 14.6 Å². The number of nitrogens with one attached hydrogen (secondary N) is 2. The summed E-state index contributed by atoms with van der Waals surface area (Å²) in [4.78, 5) is 35.7. The van der Waals surface area contributed by atoms with Crippen molar-refractivity contribution in [2.75, 3.05) is 13.1 Å². The lowest BCUT2D eigenvalue weighted by molar-refractivity contribution is -0.137. The number of aliphatic carboxylic acids is 1. The topological polar surface area (TPSA) is 117 Å². The standard InChI is InChI=1S/C29H32N2O6/c32-23(17-31-29(35)20-14-12-19(13-15-20)18-8-4-3-5-9-18)30-16-22-21(10-6-1-2-7-11-24(33)34)25-27-28(37-27)26(22)36-25/h1,3-6,8-9,12-15,21-22,25-28H,2,7,10-11,16-17H2,(H,30,32)(H,31,35)(H,33,34)/b6-1-/t21-,22+,25+,26-,27-,28+/m0/s1. The number of carbonyl (C=O) groups is 3. The zero-order chi connectivity index (χ0) is 25.8.